The smallest absolute Gasteiger partial charge is 0.252 e. The van der Waals surface area contributed by atoms with Crippen molar-refractivity contribution in [2.75, 3.05) is 19.6 Å². The van der Waals surface area contributed by atoms with E-state index in [1.807, 2.05) is 24.6 Å². The second-order valence-corrected chi connectivity index (χ2v) is 9.02. The molecule has 154 valence electrons. The standard InChI is InChI=1S/C19H27ClN4O3S/c1-5-24(6-2)28(26,27)16-7-8-18(20)17(11-16)19(25)22-12-14(3)13-23-10-9-21-15(23)4/h7-11,14H,5-6,12-13H2,1-4H3,(H,22,25). The number of rotatable bonds is 9. The van der Waals surface area contributed by atoms with E-state index >= 15 is 0 Å². The van der Waals surface area contributed by atoms with E-state index in [4.69, 9.17) is 11.6 Å². The first-order valence-electron chi connectivity index (χ1n) is 9.26. The molecule has 28 heavy (non-hydrogen) atoms. The number of nitrogens with one attached hydrogen (secondary N) is 1. The van der Waals surface area contributed by atoms with Gasteiger partial charge in [-0.3, -0.25) is 4.79 Å². The molecule has 0 aliphatic carbocycles. The molecular weight excluding hydrogens is 400 g/mol. The second kappa shape index (κ2) is 9.54. The lowest BCUT2D eigenvalue weighted by Crippen LogP contribution is -2.32. The van der Waals surface area contributed by atoms with Crippen LogP contribution >= 0.6 is 11.6 Å². The summed E-state index contributed by atoms with van der Waals surface area (Å²) in [5.41, 5.74) is 0.154. The summed E-state index contributed by atoms with van der Waals surface area (Å²) in [4.78, 5) is 16.8. The molecule has 0 radical (unpaired) electrons. The first kappa shape index (κ1) is 22.4. The minimum Gasteiger partial charge on any atom is -0.352 e. The van der Waals surface area contributed by atoms with Gasteiger partial charge in [-0.25, -0.2) is 13.4 Å². The number of hydrogen-bond acceptors (Lipinski definition) is 4. The van der Waals surface area contributed by atoms with Crippen molar-refractivity contribution < 1.29 is 13.2 Å². The van der Waals surface area contributed by atoms with E-state index in [1.54, 1.807) is 20.0 Å². The van der Waals surface area contributed by atoms with Crippen LogP contribution in [0.4, 0.5) is 0 Å². The third-order valence-electron chi connectivity index (χ3n) is 4.57. The number of carbonyl (C=O) groups excluding carboxylic acids is 1. The fraction of sp³-hybridized carbons (Fsp3) is 0.474. The Morgan fingerprint density at radius 3 is 2.57 bits per heavy atom. The third kappa shape index (κ3) is 5.12. The summed E-state index contributed by atoms with van der Waals surface area (Å²) in [6, 6.07) is 4.22. The summed E-state index contributed by atoms with van der Waals surface area (Å²) < 4.78 is 28.8. The van der Waals surface area contributed by atoms with Gasteiger partial charge in [-0.05, 0) is 31.0 Å². The first-order chi connectivity index (χ1) is 13.2. The Morgan fingerprint density at radius 2 is 2.00 bits per heavy atom. The predicted octanol–water partition coefficient (Wildman–Crippen LogP) is 2.94. The van der Waals surface area contributed by atoms with Gasteiger partial charge in [0, 0.05) is 38.6 Å². The number of aryl methyl sites for hydroxylation is 1. The number of amides is 1. The van der Waals surface area contributed by atoms with Crippen molar-refractivity contribution >= 4 is 27.5 Å². The third-order valence-corrected chi connectivity index (χ3v) is 6.94. The van der Waals surface area contributed by atoms with Crippen molar-refractivity contribution in [1.29, 1.82) is 0 Å². The summed E-state index contributed by atoms with van der Waals surface area (Å²) in [6.45, 7) is 9.34. The Hall–Kier alpha value is -1.90. The van der Waals surface area contributed by atoms with Crippen molar-refractivity contribution in [2.45, 2.75) is 39.1 Å². The molecular formula is C19H27ClN4O3S. The van der Waals surface area contributed by atoms with Crippen LogP contribution in [0.2, 0.25) is 5.02 Å². The number of sulfonamides is 1. The summed E-state index contributed by atoms with van der Waals surface area (Å²) >= 11 is 6.16. The summed E-state index contributed by atoms with van der Waals surface area (Å²) in [7, 11) is -3.66. The van der Waals surface area contributed by atoms with Crippen LogP contribution in [0, 0.1) is 12.8 Å². The maximum Gasteiger partial charge on any atom is 0.252 e. The highest BCUT2D eigenvalue weighted by molar-refractivity contribution is 7.89. The Labute approximate surface area is 171 Å². The zero-order valence-corrected chi connectivity index (χ0v) is 18.2. The maximum atomic E-state index is 12.7. The van der Waals surface area contributed by atoms with E-state index < -0.39 is 15.9 Å². The fourth-order valence-electron chi connectivity index (χ4n) is 2.91. The average molecular weight is 427 g/mol. The van der Waals surface area contributed by atoms with Crippen molar-refractivity contribution in [3.63, 3.8) is 0 Å². The van der Waals surface area contributed by atoms with Crippen LogP contribution in [0.1, 0.15) is 37.0 Å². The SMILES string of the molecule is CCN(CC)S(=O)(=O)c1ccc(Cl)c(C(=O)NCC(C)Cn2ccnc2C)c1. The van der Waals surface area contributed by atoms with Gasteiger partial charge in [0.2, 0.25) is 10.0 Å². The molecule has 1 atom stereocenters. The highest BCUT2D eigenvalue weighted by atomic mass is 35.5. The average Bonchev–Trinajstić information content (AvgIpc) is 3.05. The Bertz CT molecular complexity index is 923. The van der Waals surface area contributed by atoms with E-state index in [9.17, 15) is 13.2 Å². The molecule has 1 N–H and O–H groups in total. The largest absolute Gasteiger partial charge is 0.352 e. The highest BCUT2D eigenvalue weighted by Crippen LogP contribution is 2.23. The van der Waals surface area contributed by atoms with Crippen LogP contribution in [0.15, 0.2) is 35.5 Å². The van der Waals surface area contributed by atoms with Gasteiger partial charge in [0.05, 0.1) is 15.5 Å². The number of carbonyl (C=O) groups is 1. The molecule has 0 aliphatic heterocycles. The summed E-state index contributed by atoms with van der Waals surface area (Å²) in [5, 5.41) is 3.06. The summed E-state index contributed by atoms with van der Waals surface area (Å²) in [6.07, 6.45) is 3.63. The zero-order chi connectivity index (χ0) is 20.9. The number of aromatic nitrogens is 2. The molecule has 2 aromatic rings. The minimum atomic E-state index is -3.66. The molecule has 1 aromatic carbocycles. The zero-order valence-electron chi connectivity index (χ0n) is 16.6. The Morgan fingerprint density at radius 1 is 1.32 bits per heavy atom. The molecule has 0 saturated heterocycles. The molecule has 0 fully saturated rings. The van der Waals surface area contributed by atoms with Crippen molar-refractivity contribution in [3.05, 3.63) is 47.0 Å². The second-order valence-electron chi connectivity index (χ2n) is 6.67. The van der Waals surface area contributed by atoms with Gasteiger partial charge in [0.25, 0.3) is 5.91 Å². The number of hydrogen-bond donors (Lipinski definition) is 1. The Balaban J connectivity index is 2.11. The van der Waals surface area contributed by atoms with Gasteiger partial charge in [0.1, 0.15) is 5.82 Å². The van der Waals surface area contributed by atoms with Gasteiger partial charge in [-0.1, -0.05) is 32.4 Å². The van der Waals surface area contributed by atoms with Crippen LogP contribution in [0.5, 0.6) is 0 Å². The van der Waals surface area contributed by atoms with Gasteiger partial charge in [-0.15, -0.1) is 0 Å². The molecule has 0 spiro atoms. The number of imidazole rings is 1. The molecule has 0 saturated carbocycles. The summed E-state index contributed by atoms with van der Waals surface area (Å²) in [5.74, 6) is 0.685. The van der Waals surface area contributed by atoms with Crippen LogP contribution < -0.4 is 5.32 Å². The van der Waals surface area contributed by atoms with Crippen LogP contribution in [0.3, 0.4) is 0 Å². The molecule has 7 nitrogen and oxygen atoms in total. The molecule has 0 bridgehead atoms. The van der Waals surface area contributed by atoms with Crippen molar-refractivity contribution in [2.24, 2.45) is 5.92 Å². The monoisotopic (exact) mass is 426 g/mol. The van der Waals surface area contributed by atoms with Crippen LogP contribution in [-0.2, 0) is 16.6 Å². The molecule has 1 unspecified atom stereocenters. The fourth-order valence-corrected chi connectivity index (χ4v) is 4.60. The van der Waals surface area contributed by atoms with Gasteiger partial charge < -0.3 is 9.88 Å². The molecule has 1 heterocycles. The number of halogens is 1. The lowest BCUT2D eigenvalue weighted by atomic mass is 10.1. The predicted molar refractivity (Wildman–Crippen MR) is 110 cm³/mol. The van der Waals surface area contributed by atoms with E-state index in [0.29, 0.717) is 19.6 Å². The van der Waals surface area contributed by atoms with Gasteiger partial charge >= 0.3 is 0 Å². The van der Waals surface area contributed by atoms with Crippen molar-refractivity contribution in [3.8, 4) is 0 Å². The number of benzene rings is 1. The van der Waals surface area contributed by atoms with E-state index in [1.165, 1.54) is 22.5 Å². The topological polar surface area (TPSA) is 84.3 Å². The van der Waals surface area contributed by atoms with Gasteiger partial charge in [-0.2, -0.15) is 4.31 Å². The Kier molecular flexibility index (Phi) is 7.63. The molecule has 1 aromatic heterocycles. The molecule has 9 heteroatoms. The van der Waals surface area contributed by atoms with E-state index in [2.05, 4.69) is 10.3 Å². The quantitative estimate of drug-likeness (QED) is 0.668. The molecule has 2 rings (SSSR count). The van der Waals surface area contributed by atoms with Crippen molar-refractivity contribution in [1.82, 2.24) is 19.2 Å². The van der Waals surface area contributed by atoms with Crippen LogP contribution in [-0.4, -0.2) is 47.8 Å². The molecule has 0 aliphatic rings. The lowest BCUT2D eigenvalue weighted by Gasteiger charge is -2.19. The minimum absolute atomic E-state index is 0.0628. The van der Waals surface area contributed by atoms with Crippen LogP contribution in [0.25, 0.3) is 0 Å². The lowest BCUT2D eigenvalue weighted by molar-refractivity contribution is 0.0946. The first-order valence-corrected chi connectivity index (χ1v) is 11.1. The number of nitrogens with zero attached hydrogens (tertiary/aromatic N) is 3. The van der Waals surface area contributed by atoms with E-state index in [-0.39, 0.29) is 21.4 Å². The maximum absolute atomic E-state index is 12.7. The highest BCUT2D eigenvalue weighted by Gasteiger charge is 2.24. The normalized spacial score (nSPS) is 12.9. The van der Waals surface area contributed by atoms with Gasteiger partial charge in [0.15, 0.2) is 0 Å². The van der Waals surface area contributed by atoms with E-state index in [0.717, 1.165) is 12.4 Å². The molecule has 1 amide bonds.